The summed E-state index contributed by atoms with van der Waals surface area (Å²) < 4.78 is 0. The van der Waals surface area contributed by atoms with E-state index in [-0.39, 0.29) is 6.04 Å². The first-order valence-electron chi connectivity index (χ1n) is 6.68. The van der Waals surface area contributed by atoms with E-state index in [1.54, 1.807) is 0 Å². The number of nitrogens with two attached hydrogens (primary N) is 1. The Morgan fingerprint density at radius 1 is 1.12 bits per heavy atom. The first-order valence-corrected chi connectivity index (χ1v) is 6.68. The highest BCUT2D eigenvalue weighted by molar-refractivity contribution is 5.48. The zero-order chi connectivity index (χ0) is 12.8. The van der Waals surface area contributed by atoms with E-state index in [4.69, 9.17) is 5.73 Å². The van der Waals surface area contributed by atoms with Crippen molar-refractivity contribution < 1.29 is 0 Å². The van der Waals surface area contributed by atoms with Gasteiger partial charge in [0.05, 0.1) is 0 Å². The zero-order valence-corrected chi connectivity index (χ0v) is 11.6. The van der Waals surface area contributed by atoms with Gasteiger partial charge in [-0.25, -0.2) is 0 Å². The SMILES string of the molecule is CC[C@@H](N)c1ccc(N(CC)CC(C)C)cc1. The Balaban J connectivity index is 2.77. The molecule has 0 aromatic heterocycles. The second kappa shape index (κ2) is 6.65. The van der Waals surface area contributed by atoms with E-state index in [1.165, 1.54) is 11.3 Å². The number of hydrogen-bond donors (Lipinski definition) is 1. The summed E-state index contributed by atoms with van der Waals surface area (Å²) in [5.74, 6) is 0.688. The topological polar surface area (TPSA) is 29.3 Å². The highest BCUT2D eigenvalue weighted by Crippen LogP contribution is 2.20. The molecular weight excluding hydrogens is 208 g/mol. The molecule has 0 aliphatic carbocycles. The second-order valence-corrected chi connectivity index (χ2v) is 5.04. The van der Waals surface area contributed by atoms with Gasteiger partial charge >= 0.3 is 0 Å². The Morgan fingerprint density at radius 3 is 2.12 bits per heavy atom. The van der Waals surface area contributed by atoms with Crippen molar-refractivity contribution in [3.05, 3.63) is 29.8 Å². The van der Waals surface area contributed by atoms with E-state index in [9.17, 15) is 0 Å². The summed E-state index contributed by atoms with van der Waals surface area (Å²) in [6.45, 7) is 11.0. The highest BCUT2D eigenvalue weighted by Gasteiger charge is 2.08. The predicted molar refractivity (Wildman–Crippen MR) is 76.4 cm³/mol. The number of nitrogens with zero attached hydrogens (tertiary/aromatic N) is 1. The van der Waals surface area contributed by atoms with Crippen LogP contribution in [0.2, 0.25) is 0 Å². The monoisotopic (exact) mass is 234 g/mol. The van der Waals surface area contributed by atoms with Gasteiger partial charge in [-0.1, -0.05) is 32.9 Å². The Hall–Kier alpha value is -1.02. The summed E-state index contributed by atoms with van der Waals surface area (Å²) in [5, 5.41) is 0. The molecular formula is C15H26N2. The fraction of sp³-hybridized carbons (Fsp3) is 0.600. The maximum absolute atomic E-state index is 6.02. The van der Waals surface area contributed by atoms with Gasteiger partial charge in [0, 0.05) is 24.8 Å². The number of benzene rings is 1. The summed E-state index contributed by atoms with van der Waals surface area (Å²) in [6, 6.07) is 8.87. The third-order valence-corrected chi connectivity index (χ3v) is 3.09. The lowest BCUT2D eigenvalue weighted by Gasteiger charge is -2.25. The standard InChI is InChI=1S/C15H26N2/c1-5-15(16)13-7-9-14(10-8-13)17(6-2)11-12(3)4/h7-10,12,15H,5-6,11,16H2,1-4H3/t15-/m1/s1. The minimum Gasteiger partial charge on any atom is -0.372 e. The lowest BCUT2D eigenvalue weighted by atomic mass is 10.0. The average molecular weight is 234 g/mol. The molecule has 0 heterocycles. The van der Waals surface area contributed by atoms with Crippen molar-refractivity contribution in [1.82, 2.24) is 0 Å². The van der Waals surface area contributed by atoms with Crippen molar-refractivity contribution in [2.45, 2.75) is 40.2 Å². The molecule has 1 aromatic carbocycles. The van der Waals surface area contributed by atoms with Crippen LogP contribution in [-0.2, 0) is 0 Å². The third kappa shape index (κ3) is 4.04. The normalized spacial score (nSPS) is 12.8. The van der Waals surface area contributed by atoms with E-state index < -0.39 is 0 Å². The van der Waals surface area contributed by atoms with E-state index in [0.717, 1.165) is 19.5 Å². The molecule has 0 unspecified atom stereocenters. The van der Waals surface area contributed by atoms with Gasteiger partial charge in [0.15, 0.2) is 0 Å². The predicted octanol–water partition coefficient (Wildman–Crippen LogP) is 3.58. The smallest absolute Gasteiger partial charge is 0.0366 e. The van der Waals surface area contributed by atoms with Crippen LogP contribution in [0.15, 0.2) is 24.3 Å². The van der Waals surface area contributed by atoms with E-state index in [2.05, 4.69) is 56.9 Å². The molecule has 0 spiro atoms. The van der Waals surface area contributed by atoms with Crippen LogP contribution in [0.3, 0.4) is 0 Å². The van der Waals surface area contributed by atoms with Crippen LogP contribution in [0.4, 0.5) is 5.69 Å². The average Bonchev–Trinajstić information content (AvgIpc) is 2.35. The maximum atomic E-state index is 6.02. The van der Waals surface area contributed by atoms with E-state index >= 15 is 0 Å². The van der Waals surface area contributed by atoms with Gasteiger partial charge in [-0.3, -0.25) is 0 Å². The first kappa shape index (κ1) is 14.0. The molecule has 2 nitrogen and oxygen atoms in total. The van der Waals surface area contributed by atoms with Crippen LogP contribution in [0.1, 0.15) is 45.7 Å². The number of anilines is 1. The van der Waals surface area contributed by atoms with Gasteiger partial charge in [0.1, 0.15) is 0 Å². The van der Waals surface area contributed by atoms with Gasteiger partial charge in [0.25, 0.3) is 0 Å². The molecule has 2 heteroatoms. The quantitative estimate of drug-likeness (QED) is 0.815. The number of hydrogen-bond acceptors (Lipinski definition) is 2. The molecule has 96 valence electrons. The van der Waals surface area contributed by atoms with Crippen LogP contribution in [0.25, 0.3) is 0 Å². The largest absolute Gasteiger partial charge is 0.372 e. The van der Waals surface area contributed by atoms with Crippen LogP contribution >= 0.6 is 0 Å². The summed E-state index contributed by atoms with van der Waals surface area (Å²) >= 11 is 0. The van der Waals surface area contributed by atoms with Gasteiger partial charge in [-0.15, -0.1) is 0 Å². The molecule has 1 aromatic rings. The molecule has 1 atom stereocenters. The minimum atomic E-state index is 0.171. The van der Waals surface area contributed by atoms with Crippen molar-refractivity contribution in [2.75, 3.05) is 18.0 Å². The summed E-state index contributed by atoms with van der Waals surface area (Å²) in [7, 11) is 0. The van der Waals surface area contributed by atoms with Crippen LogP contribution in [-0.4, -0.2) is 13.1 Å². The van der Waals surface area contributed by atoms with Crippen LogP contribution < -0.4 is 10.6 Å². The molecule has 0 saturated heterocycles. The van der Waals surface area contributed by atoms with Crippen LogP contribution in [0, 0.1) is 5.92 Å². The van der Waals surface area contributed by atoms with Gasteiger partial charge in [-0.05, 0) is 37.0 Å². The zero-order valence-electron chi connectivity index (χ0n) is 11.6. The van der Waals surface area contributed by atoms with E-state index in [1.807, 2.05) is 0 Å². The summed E-state index contributed by atoms with van der Waals surface area (Å²) in [6.07, 6.45) is 0.989. The second-order valence-electron chi connectivity index (χ2n) is 5.04. The molecule has 0 radical (unpaired) electrons. The summed E-state index contributed by atoms with van der Waals surface area (Å²) in [5.41, 5.74) is 8.55. The Kier molecular flexibility index (Phi) is 5.49. The fourth-order valence-electron chi connectivity index (χ4n) is 2.03. The third-order valence-electron chi connectivity index (χ3n) is 3.09. The van der Waals surface area contributed by atoms with Crippen molar-refractivity contribution in [3.8, 4) is 0 Å². The molecule has 2 N–H and O–H groups in total. The Labute approximate surface area is 106 Å². The molecule has 1 rings (SSSR count). The molecule has 0 amide bonds. The summed E-state index contributed by atoms with van der Waals surface area (Å²) in [4.78, 5) is 2.41. The maximum Gasteiger partial charge on any atom is 0.0366 e. The lowest BCUT2D eigenvalue weighted by Crippen LogP contribution is -2.27. The van der Waals surface area contributed by atoms with Crippen LogP contribution in [0.5, 0.6) is 0 Å². The lowest BCUT2D eigenvalue weighted by molar-refractivity contribution is 0.618. The van der Waals surface area contributed by atoms with E-state index in [0.29, 0.717) is 5.92 Å². The number of rotatable bonds is 6. The molecule has 0 fully saturated rings. The molecule has 0 bridgehead atoms. The van der Waals surface area contributed by atoms with Gasteiger partial charge in [-0.2, -0.15) is 0 Å². The molecule has 0 aliphatic rings. The Bertz CT molecular complexity index is 316. The van der Waals surface area contributed by atoms with Crippen molar-refractivity contribution in [3.63, 3.8) is 0 Å². The molecule has 0 aliphatic heterocycles. The minimum absolute atomic E-state index is 0.171. The molecule has 0 saturated carbocycles. The van der Waals surface area contributed by atoms with Crippen molar-refractivity contribution >= 4 is 5.69 Å². The Morgan fingerprint density at radius 2 is 1.71 bits per heavy atom. The van der Waals surface area contributed by atoms with Gasteiger partial charge in [0.2, 0.25) is 0 Å². The first-order chi connectivity index (χ1) is 8.08. The van der Waals surface area contributed by atoms with Gasteiger partial charge < -0.3 is 10.6 Å². The highest BCUT2D eigenvalue weighted by atomic mass is 15.1. The molecule has 17 heavy (non-hydrogen) atoms. The van der Waals surface area contributed by atoms with Crippen molar-refractivity contribution in [2.24, 2.45) is 11.7 Å². The fourth-order valence-corrected chi connectivity index (χ4v) is 2.03. The van der Waals surface area contributed by atoms with Crippen molar-refractivity contribution in [1.29, 1.82) is 0 Å².